The zero-order chi connectivity index (χ0) is 15.0. The summed E-state index contributed by atoms with van der Waals surface area (Å²) in [6.45, 7) is 12.3. The summed E-state index contributed by atoms with van der Waals surface area (Å²) in [7, 11) is 1.49. The Hall–Kier alpha value is -1.51. The van der Waals surface area contributed by atoms with E-state index in [4.69, 9.17) is 10.1 Å². The van der Waals surface area contributed by atoms with Crippen LogP contribution in [-0.2, 0) is 15.6 Å². The van der Waals surface area contributed by atoms with E-state index in [1.165, 1.54) is 7.11 Å². The molecule has 3 heteroatoms. The van der Waals surface area contributed by atoms with Crippen molar-refractivity contribution in [1.82, 2.24) is 0 Å². The van der Waals surface area contributed by atoms with Crippen LogP contribution in [0.1, 0.15) is 58.2 Å². The quantitative estimate of drug-likeness (QED) is 0.595. The zero-order valence-electron chi connectivity index (χ0n) is 13.0. The molecule has 2 N–H and O–H groups in total. The van der Waals surface area contributed by atoms with Crippen molar-refractivity contribution in [2.24, 2.45) is 0 Å². The van der Waals surface area contributed by atoms with E-state index in [9.17, 15) is 5.11 Å². The van der Waals surface area contributed by atoms with Crippen LogP contribution in [0.15, 0.2) is 12.1 Å². The molecule has 0 saturated heterocycles. The number of rotatable bonds is 1. The minimum Gasteiger partial charge on any atom is -0.507 e. The number of phenols is 1. The molecule has 0 heterocycles. The highest BCUT2D eigenvalue weighted by Crippen LogP contribution is 2.39. The second-order valence-corrected chi connectivity index (χ2v) is 6.95. The van der Waals surface area contributed by atoms with Gasteiger partial charge in [-0.05, 0) is 23.0 Å². The van der Waals surface area contributed by atoms with Gasteiger partial charge in [0.15, 0.2) is 0 Å². The molecule has 0 amide bonds. The van der Waals surface area contributed by atoms with E-state index >= 15 is 0 Å². The maximum Gasteiger partial charge on any atom is 0.212 e. The molecular weight excluding hydrogens is 238 g/mol. The Kier molecular flexibility index (Phi) is 3.99. The van der Waals surface area contributed by atoms with Crippen molar-refractivity contribution in [2.45, 2.75) is 52.4 Å². The van der Waals surface area contributed by atoms with Crippen molar-refractivity contribution in [3.05, 3.63) is 28.8 Å². The summed E-state index contributed by atoms with van der Waals surface area (Å²) in [5, 5.41) is 18.4. The minimum absolute atomic E-state index is 0.121. The Morgan fingerprint density at radius 2 is 1.37 bits per heavy atom. The van der Waals surface area contributed by atoms with E-state index in [1.807, 2.05) is 12.1 Å². The summed E-state index contributed by atoms with van der Waals surface area (Å²) in [6, 6.07) is 3.69. The number of methoxy groups -OCH3 is 1. The van der Waals surface area contributed by atoms with Gasteiger partial charge < -0.3 is 9.84 Å². The Balaban J connectivity index is 3.62. The van der Waals surface area contributed by atoms with Gasteiger partial charge >= 0.3 is 0 Å². The van der Waals surface area contributed by atoms with Crippen molar-refractivity contribution in [3.8, 4) is 5.75 Å². The Bertz CT molecular complexity index is 455. The van der Waals surface area contributed by atoms with Crippen molar-refractivity contribution in [1.29, 1.82) is 5.41 Å². The lowest BCUT2D eigenvalue weighted by atomic mass is 9.78. The molecule has 0 aromatic heterocycles. The van der Waals surface area contributed by atoms with E-state index in [0.717, 1.165) is 11.1 Å². The summed E-state index contributed by atoms with van der Waals surface area (Å²) in [5.74, 6) is 0.448. The van der Waals surface area contributed by atoms with Crippen LogP contribution < -0.4 is 0 Å². The topological polar surface area (TPSA) is 53.3 Å². The van der Waals surface area contributed by atoms with Crippen LogP contribution in [0.25, 0.3) is 0 Å². The average Bonchev–Trinajstić information content (AvgIpc) is 2.25. The molecule has 19 heavy (non-hydrogen) atoms. The number of aromatic hydroxyl groups is 1. The first-order valence-corrected chi connectivity index (χ1v) is 6.49. The molecule has 0 aliphatic heterocycles. The van der Waals surface area contributed by atoms with Gasteiger partial charge in [0.25, 0.3) is 0 Å². The fraction of sp³-hybridized carbons (Fsp3) is 0.562. The maximum absolute atomic E-state index is 10.5. The summed E-state index contributed by atoms with van der Waals surface area (Å²) >= 11 is 0. The summed E-state index contributed by atoms with van der Waals surface area (Å²) in [6.07, 6.45) is 0. The summed E-state index contributed by atoms with van der Waals surface area (Å²) < 4.78 is 5.01. The number of ether oxygens (including phenoxy) is 1. The monoisotopic (exact) mass is 263 g/mol. The molecule has 0 atom stereocenters. The van der Waals surface area contributed by atoms with E-state index in [1.54, 1.807) is 0 Å². The first-order chi connectivity index (χ1) is 8.48. The molecule has 1 aromatic carbocycles. The van der Waals surface area contributed by atoms with Gasteiger partial charge in [-0.3, -0.25) is 5.41 Å². The normalized spacial score (nSPS) is 12.4. The number of nitrogens with one attached hydrogen (secondary N) is 1. The van der Waals surface area contributed by atoms with Crippen LogP contribution in [0.2, 0.25) is 0 Å². The van der Waals surface area contributed by atoms with Crippen molar-refractivity contribution in [3.63, 3.8) is 0 Å². The number of phenolic OH excluding ortho intramolecular Hbond substituents is 1. The lowest BCUT2D eigenvalue weighted by Gasteiger charge is -2.28. The minimum atomic E-state index is -0.186. The largest absolute Gasteiger partial charge is 0.507 e. The standard InChI is InChI=1S/C16H25NO2/c1-15(2,3)11-8-10(14(17)19-7)9-12(13(11)18)16(4,5)6/h8-9,17-18H,1-7H3. The molecule has 0 bridgehead atoms. The molecule has 3 nitrogen and oxygen atoms in total. The third-order valence-corrected chi connectivity index (χ3v) is 3.19. The van der Waals surface area contributed by atoms with Gasteiger partial charge in [0, 0.05) is 16.7 Å². The lowest BCUT2D eigenvalue weighted by Crippen LogP contribution is -2.19. The van der Waals surface area contributed by atoms with E-state index in [0.29, 0.717) is 11.3 Å². The molecule has 0 spiro atoms. The van der Waals surface area contributed by atoms with E-state index in [-0.39, 0.29) is 16.7 Å². The SMILES string of the molecule is COC(=N)c1cc(C(C)(C)C)c(O)c(C(C)(C)C)c1. The maximum atomic E-state index is 10.5. The first-order valence-electron chi connectivity index (χ1n) is 6.49. The van der Waals surface area contributed by atoms with Crippen molar-refractivity contribution >= 4 is 5.90 Å². The molecule has 0 aliphatic carbocycles. The van der Waals surface area contributed by atoms with Crippen LogP contribution >= 0.6 is 0 Å². The molecular formula is C16H25NO2. The highest BCUT2D eigenvalue weighted by atomic mass is 16.5. The van der Waals surface area contributed by atoms with Gasteiger partial charge in [-0.25, -0.2) is 0 Å². The third kappa shape index (κ3) is 3.28. The van der Waals surface area contributed by atoms with Crippen molar-refractivity contribution in [2.75, 3.05) is 7.11 Å². The number of benzene rings is 1. The fourth-order valence-electron chi connectivity index (χ4n) is 2.03. The predicted molar refractivity (Wildman–Crippen MR) is 79.3 cm³/mol. The molecule has 0 radical (unpaired) electrons. The van der Waals surface area contributed by atoms with Gasteiger partial charge in [-0.1, -0.05) is 41.5 Å². The summed E-state index contributed by atoms with van der Waals surface area (Å²) in [5.41, 5.74) is 2.02. The molecule has 0 fully saturated rings. The fourth-order valence-corrected chi connectivity index (χ4v) is 2.03. The van der Waals surface area contributed by atoms with Gasteiger partial charge in [0.05, 0.1) is 7.11 Å². The predicted octanol–water partition coefficient (Wildman–Crippen LogP) is 3.96. The summed E-state index contributed by atoms with van der Waals surface area (Å²) in [4.78, 5) is 0. The van der Waals surface area contributed by atoms with Gasteiger partial charge in [0.2, 0.25) is 5.90 Å². The lowest BCUT2D eigenvalue weighted by molar-refractivity contribution is 0.399. The average molecular weight is 263 g/mol. The molecule has 0 unspecified atom stereocenters. The van der Waals surface area contributed by atoms with E-state index < -0.39 is 0 Å². The van der Waals surface area contributed by atoms with Crippen LogP contribution in [-0.4, -0.2) is 18.1 Å². The van der Waals surface area contributed by atoms with Crippen LogP contribution in [0, 0.1) is 5.41 Å². The zero-order valence-corrected chi connectivity index (χ0v) is 13.0. The van der Waals surface area contributed by atoms with Crippen LogP contribution in [0.5, 0.6) is 5.75 Å². The van der Waals surface area contributed by atoms with Gasteiger partial charge in [-0.2, -0.15) is 0 Å². The Labute approximate surface area is 116 Å². The first kappa shape index (κ1) is 15.5. The van der Waals surface area contributed by atoms with E-state index in [2.05, 4.69) is 41.5 Å². The number of hydrogen-bond donors (Lipinski definition) is 2. The second kappa shape index (κ2) is 4.87. The van der Waals surface area contributed by atoms with Crippen molar-refractivity contribution < 1.29 is 9.84 Å². The second-order valence-electron chi connectivity index (χ2n) is 6.95. The van der Waals surface area contributed by atoms with Gasteiger partial charge in [-0.15, -0.1) is 0 Å². The van der Waals surface area contributed by atoms with Crippen LogP contribution in [0.3, 0.4) is 0 Å². The van der Waals surface area contributed by atoms with Gasteiger partial charge in [0.1, 0.15) is 5.75 Å². The molecule has 106 valence electrons. The highest BCUT2D eigenvalue weighted by Gasteiger charge is 2.27. The molecule has 1 rings (SSSR count). The molecule has 0 saturated carbocycles. The molecule has 1 aromatic rings. The Morgan fingerprint density at radius 1 is 1.00 bits per heavy atom. The number of hydrogen-bond acceptors (Lipinski definition) is 3. The molecule has 0 aliphatic rings. The van der Waals surface area contributed by atoms with Crippen LogP contribution in [0.4, 0.5) is 0 Å². The third-order valence-electron chi connectivity index (χ3n) is 3.19. The smallest absolute Gasteiger partial charge is 0.212 e. The Morgan fingerprint density at radius 3 is 1.63 bits per heavy atom. The highest BCUT2D eigenvalue weighted by molar-refractivity contribution is 5.92.